The van der Waals surface area contributed by atoms with Crippen LogP contribution in [-0.2, 0) is 0 Å². The Morgan fingerprint density at radius 1 is 1.33 bits per heavy atom. The third kappa shape index (κ3) is 3.07. The lowest BCUT2D eigenvalue weighted by Gasteiger charge is -2.29. The van der Waals surface area contributed by atoms with E-state index in [0.717, 1.165) is 6.07 Å². The molecule has 4 nitrogen and oxygen atoms in total. The Kier molecular flexibility index (Phi) is 4.19. The molecule has 0 aromatic heterocycles. The summed E-state index contributed by atoms with van der Waals surface area (Å²) in [6.45, 7) is 0.380. The highest BCUT2D eigenvalue weighted by Gasteiger charge is 2.53. The van der Waals surface area contributed by atoms with Crippen LogP contribution in [-0.4, -0.2) is 46.6 Å². The number of aliphatic hydroxyl groups is 1. The second kappa shape index (κ2) is 5.91. The third-order valence-electron chi connectivity index (χ3n) is 4.51. The molecule has 1 saturated carbocycles. The summed E-state index contributed by atoms with van der Waals surface area (Å²) < 4.78 is 55.2. The number of alkyl halides is 4. The summed E-state index contributed by atoms with van der Waals surface area (Å²) in [4.78, 5) is 14.1. The number of benzene rings is 1. The number of likely N-dealkylation sites (tertiary alicyclic amines) is 1. The van der Waals surface area contributed by atoms with Gasteiger partial charge in [-0.05, 0) is 37.8 Å². The molecule has 2 aliphatic rings. The van der Waals surface area contributed by atoms with E-state index >= 15 is 0 Å². The number of para-hydroxylation sites is 1. The molecule has 1 unspecified atom stereocenters. The quantitative estimate of drug-likeness (QED) is 0.833. The van der Waals surface area contributed by atoms with Crippen molar-refractivity contribution in [1.29, 1.82) is 0 Å². The van der Waals surface area contributed by atoms with Crippen LogP contribution in [0.1, 0.15) is 36.0 Å². The van der Waals surface area contributed by atoms with E-state index in [2.05, 4.69) is 4.74 Å². The Hall–Kier alpha value is -1.83. The number of nitrogens with zero attached hydrogens (tertiary/aromatic N) is 1. The Balaban J connectivity index is 1.85. The first-order chi connectivity index (χ1) is 11.2. The lowest BCUT2D eigenvalue weighted by Crippen LogP contribution is -2.44. The molecule has 1 heterocycles. The largest absolute Gasteiger partial charge is 0.461 e. The van der Waals surface area contributed by atoms with E-state index < -0.39 is 29.8 Å². The molecular weight excluding hydrogens is 330 g/mol. The van der Waals surface area contributed by atoms with E-state index in [4.69, 9.17) is 0 Å². The van der Waals surface area contributed by atoms with Gasteiger partial charge in [-0.3, -0.25) is 4.79 Å². The van der Waals surface area contributed by atoms with Gasteiger partial charge in [-0.25, -0.2) is 0 Å². The number of carbonyl (C=O) groups is 1. The van der Waals surface area contributed by atoms with Gasteiger partial charge in [0.1, 0.15) is 5.75 Å². The molecule has 0 radical (unpaired) electrons. The molecule has 132 valence electrons. The molecule has 1 atom stereocenters. The number of carbonyl (C=O) groups excluding carboxylic acids is 1. The molecule has 1 aliphatic carbocycles. The summed E-state index contributed by atoms with van der Waals surface area (Å²) in [5, 5.41) is 10.3. The molecule has 1 amide bonds. The van der Waals surface area contributed by atoms with Gasteiger partial charge < -0.3 is 14.7 Å². The molecule has 8 heteroatoms. The number of ether oxygens (including phenoxy) is 1. The fourth-order valence-corrected chi connectivity index (χ4v) is 3.11. The van der Waals surface area contributed by atoms with Crippen LogP contribution in [0.2, 0.25) is 0 Å². The van der Waals surface area contributed by atoms with Gasteiger partial charge in [0.25, 0.3) is 5.91 Å². The van der Waals surface area contributed by atoms with E-state index in [1.165, 1.54) is 23.1 Å². The predicted octanol–water partition coefficient (Wildman–Crippen LogP) is 3.05. The first-order valence-electron chi connectivity index (χ1n) is 7.72. The third-order valence-corrected chi connectivity index (χ3v) is 4.51. The molecule has 1 aromatic rings. The maximum Gasteiger partial charge on any atom is 0.461 e. The summed E-state index contributed by atoms with van der Waals surface area (Å²) in [6, 6.07) is 4.70. The fourth-order valence-electron chi connectivity index (χ4n) is 3.11. The molecule has 3 rings (SSSR count). The number of halogens is 4. The maximum absolute atomic E-state index is 13.2. The van der Waals surface area contributed by atoms with Gasteiger partial charge in [-0.1, -0.05) is 12.1 Å². The van der Waals surface area contributed by atoms with Crippen LogP contribution in [0.5, 0.6) is 5.75 Å². The summed E-state index contributed by atoms with van der Waals surface area (Å²) in [5.74, 6) is -1.19. The van der Waals surface area contributed by atoms with Crippen LogP contribution in [0.25, 0.3) is 0 Å². The molecule has 1 N–H and O–H groups in total. The van der Waals surface area contributed by atoms with Crippen molar-refractivity contribution in [1.82, 2.24) is 4.90 Å². The van der Waals surface area contributed by atoms with Gasteiger partial charge in [-0.2, -0.15) is 17.6 Å². The minimum atomic E-state index is -4.69. The van der Waals surface area contributed by atoms with Gasteiger partial charge in [0.2, 0.25) is 0 Å². The second-order valence-corrected chi connectivity index (χ2v) is 6.22. The number of rotatable bonds is 5. The fraction of sp³-hybridized carbons (Fsp3) is 0.562. The number of hydrogen-bond acceptors (Lipinski definition) is 3. The Morgan fingerprint density at radius 2 is 2.00 bits per heavy atom. The lowest BCUT2D eigenvalue weighted by molar-refractivity contribution is -0.253. The standard InChI is InChI=1S/C16H17F4NO3/c17-14(18)16(19,20)24-11-5-2-1-4-10(11)13(22)21-9-3-6-12(21)15(23)7-8-15/h1-2,4-5,12,14,23H,3,6-9H2. The minimum absolute atomic E-state index is 0.214. The van der Waals surface area contributed by atoms with Gasteiger partial charge in [0.05, 0.1) is 17.2 Å². The van der Waals surface area contributed by atoms with E-state index in [1.807, 2.05) is 0 Å². The SMILES string of the molecule is O=C(c1ccccc1OC(F)(F)C(F)F)N1CCCC1C1(O)CC1. The summed E-state index contributed by atoms with van der Waals surface area (Å²) in [5.41, 5.74) is -1.14. The highest BCUT2D eigenvalue weighted by Crippen LogP contribution is 2.45. The van der Waals surface area contributed by atoms with Crippen molar-refractivity contribution in [3.8, 4) is 5.75 Å². The topological polar surface area (TPSA) is 49.8 Å². The first kappa shape index (κ1) is 17.0. The first-order valence-corrected chi connectivity index (χ1v) is 7.72. The van der Waals surface area contributed by atoms with Crippen molar-refractivity contribution in [2.45, 2.75) is 49.9 Å². The van der Waals surface area contributed by atoms with Gasteiger partial charge in [0.15, 0.2) is 0 Å². The summed E-state index contributed by atoms with van der Waals surface area (Å²) in [6.07, 6.45) is -6.21. The van der Waals surface area contributed by atoms with Crippen molar-refractivity contribution in [3.63, 3.8) is 0 Å². The van der Waals surface area contributed by atoms with Gasteiger partial charge >= 0.3 is 12.5 Å². The van der Waals surface area contributed by atoms with Crippen LogP contribution in [0.3, 0.4) is 0 Å². The predicted molar refractivity (Wildman–Crippen MR) is 76.3 cm³/mol. The smallest absolute Gasteiger partial charge is 0.427 e. The highest BCUT2D eigenvalue weighted by atomic mass is 19.3. The van der Waals surface area contributed by atoms with Crippen molar-refractivity contribution in [2.75, 3.05) is 6.54 Å². The Morgan fingerprint density at radius 3 is 2.62 bits per heavy atom. The van der Waals surface area contributed by atoms with Crippen LogP contribution in [0, 0.1) is 0 Å². The van der Waals surface area contributed by atoms with Crippen LogP contribution < -0.4 is 4.74 Å². The summed E-state index contributed by atoms with van der Waals surface area (Å²) in [7, 11) is 0. The molecule has 0 spiro atoms. The maximum atomic E-state index is 13.2. The zero-order chi connectivity index (χ0) is 17.5. The molecule has 1 saturated heterocycles. The van der Waals surface area contributed by atoms with Gasteiger partial charge in [0, 0.05) is 6.54 Å². The molecule has 1 aromatic carbocycles. The van der Waals surface area contributed by atoms with E-state index in [1.54, 1.807) is 0 Å². The average molecular weight is 347 g/mol. The van der Waals surface area contributed by atoms with Crippen LogP contribution >= 0.6 is 0 Å². The molecule has 0 bridgehead atoms. The van der Waals surface area contributed by atoms with Crippen LogP contribution in [0.4, 0.5) is 17.6 Å². The van der Waals surface area contributed by atoms with E-state index in [-0.39, 0.29) is 11.6 Å². The van der Waals surface area contributed by atoms with Crippen LogP contribution in [0.15, 0.2) is 24.3 Å². The monoisotopic (exact) mass is 347 g/mol. The normalized spacial score (nSPS) is 22.8. The summed E-state index contributed by atoms with van der Waals surface area (Å²) >= 11 is 0. The average Bonchev–Trinajstić information content (AvgIpc) is 3.09. The number of hydrogen-bond donors (Lipinski definition) is 1. The molecule has 24 heavy (non-hydrogen) atoms. The minimum Gasteiger partial charge on any atom is -0.427 e. The zero-order valence-electron chi connectivity index (χ0n) is 12.7. The Labute approximate surface area is 136 Å². The van der Waals surface area contributed by atoms with Crippen molar-refractivity contribution in [2.24, 2.45) is 0 Å². The molecule has 2 fully saturated rings. The van der Waals surface area contributed by atoms with Gasteiger partial charge in [-0.15, -0.1) is 0 Å². The van der Waals surface area contributed by atoms with E-state index in [9.17, 15) is 27.5 Å². The highest BCUT2D eigenvalue weighted by molar-refractivity contribution is 5.97. The Bertz CT molecular complexity index is 634. The van der Waals surface area contributed by atoms with Crippen molar-refractivity contribution >= 4 is 5.91 Å². The lowest BCUT2D eigenvalue weighted by atomic mass is 10.1. The van der Waals surface area contributed by atoms with Crippen molar-refractivity contribution < 1.29 is 32.2 Å². The van der Waals surface area contributed by atoms with E-state index in [0.29, 0.717) is 32.2 Å². The molecular formula is C16H17F4NO3. The molecule has 1 aliphatic heterocycles. The second-order valence-electron chi connectivity index (χ2n) is 6.22. The van der Waals surface area contributed by atoms with Crippen molar-refractivity contribution in [3.05, 3.63) is 29.8 Å². The number of amides is 1. The zero-order valence-corrected chi connectivity index (χ0v) is 12.7.